The molecule has 7 heteroatoms. The van der Waals surface area contributed by atoms with Gasteiger partial charge in [0.15, 0.2) is 0 Å². The Bertz CT molecular complexity index is 935. The molecule has 0 atom stereocenters. The van der Waals surface area contributed by atoms with E-state index in [-0.39, 0.29) is 11.7 Å². The van der Waals surface area contributed by atoms with Gasteiger partial charge in [0.05, 0.1) is 23.3 Å². The molecule has 1 saturated heterocycles. The monoisotopic (exact) mass is 397 g/mol. The number of anilines is 1. The number of aryl methyl sites for hydroxylation is 1. The lowest BCUT2D eigenvalue weighted by Gasteiger charge is -2.27. The lowest BCUT2D eigenvalue weighted by Crippen LogP contribution is -2.41. The normalized spacial score (nSPS) is 15.2. The van der Waals surface area contributed by atoms with Crippen molar-refractivity contribution in [1.82, 2.24) is 14.8 Å². The number of hydrogen-bond acceptors (Lipinski definition) is 5. The number of rotatable bonds is 5. The van der Waals surface area contributed by atoms with E-state index in [1.54, 1.807) is 6.20 Å². The van der Waals surface area contributed by atoms with E-state index in [0.717, 1.165) is 55.9 Å². The molecule has 6 nitrogen and oxygen atoms in total. The third-order valence-corrected chi connectivity index (χ3v) is 5.60. The molecule has 0 aliphatic carbocycles. The van der Waals surface area contributed by atoms with Gasteiger partial charge >= 0.3 is 0 Å². The van der Waals surface area contributed by atoms with E-state index >= 15 is 0 Å². The van der Waals surface area contributed by atoms with E-state index in [0.29, 0.717) is 24.0 Å². The number of nitrogens with zero attached hydrogens (tertiary/aromatic N) is 5. The largest absolute Gasteiger partial charge is 0.369 e. The molecule has 0 bridgehead atoms. The Morgan fingerprint density at radius 1 is 1.24 bits per heavy atom. The zero-order valence-electron chi connectivity index (χ0n) is 17.4. The minimum Gasteiger partial charge on any atom is -0.369 e. The second-order valence-corrected chi connectivity index (χ2v) is 7.43. The van der Waals surface area contributed by atoms with Gasteiger partial charge in [-0.1, -0.05) is 0 Å². The minimum atomic E-state index is -0.325. The first-order chi connectivity index (χ1) is 14.0. The van der Waals surface area contributed by atoms with Gasteiger partial charge in [-0.05, 0) is 44.9 Å². The molecular weight excluding hydrogens is 369 g/mol. The van der Waals surface area contributed by atoms with Gasteiger partial charge in [0.1, 0.15) is 11.9 Å². The molecule has 1 aliphatic heterocycles. The van der Waals surface area contributed by atoms with Crippen LogP contribution in [0, 0.1) is 24.1 Å². The number of carbonyl (C=O) groups excluding carboxylic acids is 1. The van der Waals surface area contributed by atoms with E-state index in [2.05, 4.69) is 20.9 Å². The maximum atomic E-state index is 14.1. The molecule has 0 unspecified atom stereocenters. The molecular formula is C22H28FN5O. The number of carbonyl (C=O) groups is 1. The summed E-state index contributed by atoms with van der Waals surface area (Å²) in [4.78, 5) is 23.0. The van der Waals surface area contributed by atoms with E-state index in [4.69, 9.17) is 0 Å². The highest BCUT2D eigenvalue weighted by atomic mass is 19.1. The van der Waals surface area contributed by atoms with Crippen LogP contribution >= 0.6 is 0 Å². The Kier molecular flexibility index (Phi) is 6.65. The molecule has 0 radical (unpaired) electrons. The molecule has 1 amide bonds. The average Bonchev–Trinajstić information content (AvgIpc) is 2.93. The first-order valence-electron chi connectivity index (χ1n) is 10.2. The molecule has 0 N–H and O–H groups in total. The molecule has 1 aliphatic rings. The SMILES string of the molecule is CCN(CC)C(=O)CN1CCCN(c2c(C#N)cnc3c(C)cc(F)cc23)CC1. The summed E-state index contributed by atoms with van der Waals surface area (Å²) in [7, 11) is 0. The van der Waals surface area contributed by atoms with Crippen LogP contribution in [0.3, 0.4) is 0 Å². The fraction of sp³-hybridized carbons (Fsp3) is 0.500. The standard InChI is InChI=1S/C22H28FN5O/c1-4-27(5-2)20(29)15-26-7-6-8-28(10-9-26)22-17(13-24)14-25-21-16(3)11-18(23)12-19(21)22/h11-12,14H,4-10,15H2,1-3H3. The van der Waals surface area contributed by atoms with E-state index < -0.39 is 0 Å². The number of aromatic nitrogens is 1. The summed E-state index contributed by atoms with van der Waals surface area (Å²) >= 11 is 0. The highest BCUT2D eigenvalue weighted by Gasteiger charge is 2.23. The van der Waals surface area contributed by atoms with Gasteiger partial charge in [0, 0.05) is 50.9 Å². The number of benzene rings is 1. The average molecular weight is 397 g/mol. The molecule has 0 saturated carbocycles. The van der Waals surface area contributed by atoms with Crippen molar-refractivity contribution in [3.8, 4) is 6.07 Å². The Labute approximate surface area is 171 Å². The van der Waals surface area contributed by atoms with Crippen LogP contribution in [0.2, 0.25) is 0 Å². The van der Waals surface area contributed by atoms with Crippen molar-refractivity contribution in [1.29, 1.82) is 5.26 Å². The lowest BCUT2D eigenvalue weighted by atomic mass is 10.0. The fourth-order valence-electron chi connectivity index (χ4n) is 4.07. The van der Waals surface area contributed by atoms with Crippen molar-refractivity contribution in [3.63, 3.8) is 0 Å². The third kappa shape index (κ3) is 4.48. The van der Waals surface area contributed by atoms with Gasteiger partial charge in [-0.3, -0.25) is 14.7 Å². The van der Waals surface area contributed by atoms with Crippen molar-refractivity contribution < 1.29 is 9.18 Å². The molecule has 1 fully saturated rings. The number of pyridine rings is 1. The van der Waals surface area contributed by atoms with Crippen LogP contribution in [0.4, 0.5) is 10.1 Å². The summed E-state index contributed by atoms with van der Waals surface area (Å²) < 4.78 is 14.1. The number of halogens is 1. The van der Waals surface area contributed by atoms with Crippen LogP contribution in [0.15, 0.2) is 18.3 Å². The molecule has 1 aromatic heterocycles. The van der Waals surface area contributed by atoms with Crippen molar-refractivity contribution in [2.24, 2.45) is 0 Å². The number of nitriles is 1. The van der Waals surface area contributed by atoms with Crippen molar-refractivity contribution in [3.05, 3.63) is 35.3 Å². The summed E-state index contributed by atoms with van der Waals surface area (Å²) in [6.07, 6.45) is 2.45. The predicted molar refractivity (Wildman–Crippen MR) is 112 cm³/mol. The predicted octanol–water partition coefficient (Wildman–Crippen LogP) is 2.93. The maximum absolute atomic E-state index is 14.1. The van der Waals surface area contributed by atoms with Gasteiger partial charge < -0.3 is 9.80 Å². The summed E-state index contributed by atoms with van der Waals surface area (Å²) in [6, 6.07) is 5.15. The molecule has 1 aromatic carbocycles. The Hall–Kier alpha value is -2.72. The fourth-order valence-corrected chi connectivity index (χ4v) is 4.07. The molecule has 154 valence electrons. The van der Waals surface area contributed by atoms with Crippen molar-refractivity contribution >= 4 is 22.5 Å². The summed E-state index contributed by atoms with van der Waals surface area (Å²) in [5, 5.41) is 10.3. The molecule has 3 rings (SSSR count). The number of hydrogen-bond donors (Lipinski definition) is 0. The summed E-state index contributed by atoms with van der Waals surface area (Å²) in [5.41, 5.74) is 2.68. The third-order valence-electron chi connectivity index (χ3n) is 5.60. The van der Waals surface area contributed by atoms with Gasteiger partial charge in [0.25, 0.3) is 0 Å². The van der Waals surface area contributed by atoms with Crippen LogP contribution in [0.1, 0.15) is 31.4 Å². The van der Waals surface area contributed by atoms with E-state index in [9.17, 15) is 14.4 Å². The van der Waals surface area contributed by atoms with Gasteiger partial charge in [0.2, 0.25) is 5.91 Å². The smallest absolute Gasteiger partial charge is 0.236 e. The van der Waals surface area contributed by atoms with Crippen LogP contribution in [0.25, 0.3) is 10.9 Å². The van der Waals surface area contributed by atoms with Gasteiger partial charge in [-0.15, -0.1) is 0 Å². The van der Waals surface area contributed by atoms with Gasteiger partial charge in [-0.2, -0.15) is 5.26 Å². The van der Waals surface area contributed by atoms with Crippen LogP contribution in [-0.2, 0) is 4.79 Å². The first-order valence-corrected chi connectivity index (χ1v) is 10.2. The van der Waals surface area contributed by atoms with E-state index in [1.807, 2.05) is 25.7 Å². The number of likely N-dealkylation sites (N-methyl/N-ethyl adjacent to an activating group) is 1. The second kappa shape index (κ2) is 9.19. The van der Waals surface area contributed by atoms with Crippen LogP contribution in [-0.4, -0.2) is 66.5 Å². The molecule has 2 aromatic rings. The minimum absolute atomic E-state index is 0.147. The number of amides is 1. The highest BCUT2D eigenvalue weighted by molar-refractivity contribution is 5.96. The highest BCUT2D eigenvalue weighted by Crippen LogP contribution is 2.32. The molecule has 29 heavy (non-hydrogen) atoms. The zero-order chi connectivity index (χ0) is 21.0. The summed E-state index contributed by atoms with van der Waals surface area (Å²) in [5.74, 6) is -0.178. The first kappa shape index (κ1) is 21.0. The van der Waals surface area contributed by atoms with E-state index in [1.165, 1.54) is 12.1 Å². The second-order valence-electron chi connectivity index (χ2n) is 7.43. The summed E-state index contributed by atoms with van der Waals surface area (Å²) in [6.45, 7) is 10.6. The number of fused-ring (bicyclic) bond motifs is 1. The van der Waals surface area contributed by atoms with Crippen LogP contribution < -0.4 is 4.90 Å². The Morgan fingerprint density at radius 2 is 2.00 bits per heavy atom. The Balaban J connectivity index is 1.86. The van der Waals surface area contributed by atoms with Crippen molar-refractivity contribution in [2.45, 2.75) is 27.2 Å². The topological polar surface area (TPSA) is 63.5 Å². The molecule has 2 heterocycles. The van der Waals surface area contributed by atoms with Crippen LogP contribution in [0.5, 0.6) is 0 Å². The van der Waals surface area contributed by atoms with Gasteiger partial charge in [-0.25, -0.2) is 4.39 Å². The quantitative estimate of drug-likeness (QED) is 0.776. The van der Waals surface area contributed by atoms with Crippen molar-refractivity contribution in [2.75, 3.05) is 50.7 Å². The maximum Gasteiger partial charge on any atom is 0.236 e. The Morgan fingerprint density at radius 3 is 2.69 bits per heavy atom. The zero-order valence-corrected chi connectivity index (χ0v) is 17.4. The lowest BCUT2D eigenvalue weighted by molar-refractivity contribution is -0.132. The molecule has 0 spiro atoms.